The van der Waals surface area contributed by atoms with E-state index in [1.807, 2.05) is 0 Å². The Labute approximate surface area is 241 Å². The predicted molar refractivity (Wildman–Crippen MR) is 175 cm³/mol. The number of benzene rings is 7. The van der Waals surface area contributed by atoms with E-state index in [4.69, 9.17) is 0 Å². The minimum atomic E-state index is 1.12. The summed E-state index contributed by atoms with van der Waals surface area (Å²) >= 11 is 0. The van der Waals surface area contributed by atoms with E-state index in [0.717, 1.165) is 17.1 Å². The Balaban J connectivity index is 1.35. The van der Waals surface area contributed by atoms with E-state index >= 15 is 0 Å². The zero-order chi connectivity index (χ0) is 27.4. The molecule has 194 valence electrons. The lowest BCUT2D eigenvalue weighted by Crippen LogP contribution is -2.10. The quantitative estimate of drug-likeness (QED) is 0.209. The minimum absolute atomic E-state index is 1.12. The lowest BCUT2D eigenvalue weighted by Gasteiger charge is -2.27. The van der Waals surface area contributed by atoms with Gasteiger partial charge in [-0.15, -0.1) is 0 Å². The molecule has 0 radical (unpaired) electrons. The first-order chi connectivity index (χ1) is 20.3. The first kappa shape index (κ1) is 24.6. The van der Waals surface area contributed by atoms with Crippen LogP contribution in [0.2, 0.25) is 0 Å². The van der Waals surface area contributed by atoms with Crippen LogP contribution in [0.25, 0.3) is 44.2 Å². The van der Waals surface area contributed by atoms with Gasteiger partial charge < -0.3 is 4.90 Å². The van der Waals surface area contributed by atoms with Crippen LogP contribution >= 0.6 is 0 Å². The van der Waals surface area contributed by atoms with Crippen LogP contribution in [0.4, 0.5) is 17.1 Å². The van der Waals surface area contributed by atoms with Crippen LogP contribution in [0.15, 0.2) is 176 Å². The molecule has 0 saturated carbocycles. The standard InChI is InChI=1S/C40H29N/c1-3-12-30(13-4-1)34-18-9-20-37(28-34)41(38-21-10-19-35(29-38)31-14-5-2-6-15-31)36-26-24-33(25-27-36)40-23-11-17-32-16-7-8-22-39(32)40/h1-29H. The Kier molecular flexibility index (Phi) is 6.61. The summed E-state index contributed by atoms with van der Waals surface area (Å²) in [5.74, 6) is 0. The fourth-order valence-corrected chi connectivity index (χ4v) is 5.62. The van der Waals surface area contributed by atoms with Crippen LogP contribution in [0, 0.1) is 0 Å². The van der Waals surface area contributed by atoms with Crippen molar-refractivity contribution in [1.82, 2.24) is 0 Å². The molecule has 0 spiro atoms. The molecule has 0 fully saturated rings. The maximum Gasteiger partial charge on any atom is 0.0467 e. The molecule has 0 aliphatic carbocycles. The Bertz CT molecular complexity index is 1830. The number of hydrogen-bond donors (Lipinski definition) is 0. The van der Waals surface area contributed by atoms with Gasteiger partial charge in [-0.1, -0.05) is 140 Å². The van der Waals surface area contributed by atoms with Crippen LogP contribution in [0.5, 0.6) is 0 Å². The smallest absolute Gasteiger partial charge is 0.0467 e. The third-order valence-electron chi connectivity index (χ3n) is 7.65. The van der Waals surface area contributed by atoms with Crippen molar-refractivity contribution in [3.63, 3.8) is 0 Å². The summed E-state index contributed by atoms with van der Waals surface area (Å²) < 4.78 is 0. The van der Waals surface area contributed by atoms with Gasteiger partial charge in [-0.2, -0.15) is 0 Å². The van der Waals surface area contributed by atoms with Crippen molar-refractivity contribution in [3.05, 3.63) is 176 Å². The van der Waals surface area contributed by atoms with Crippen molar-refractivity contribution in [2.24, 2.45) is 0 Å². The topological polar surface area (TPSA) is 3.24 Å². The molecule has 0 aliphatic rings. The van der Waals surface area contributed by atoms with E-state index in [1.165, 1.54) is 44.2 Å². The second-order valence-electron chi connectivity index (χ2n) is 10.2. The maximum atomic E-state index is 2.35. The van der Waals surface area contributed by atoms with Crippen LogP contribution in [-0.4, -0.2) is 0 Å². The highest BCUT2D eigenvalue weighted by Crippen LogP contribution is 2.39. The highest BCUT2D eigenvalue weighted by atomic mass is 15.1. The largest absolute Gasteiger partial charge is 0.310 e. The van der Waals surface area contributed by atoms with Crippen LogP contribution in [0.1, 0.15) is 0 Å². The van der Waals surface area contributed by atoms with Gasteiger partial charge in [0.05, 0.1) is 0 Å². The van der Waals surface area contributed by atoms with Gasteiger partial charge in [-0.05, 0) is 80.6 Å². The van der Waals surface area contributed by atoms with Crippen molar-refractivity contribution < 1.29 is 0 Å². The Morgan fingerprint density at radius 2 is 0.780 bits per heavy atom. The first-order valence-corrected chi connectivity index (χ1v) is 14.0. The fraction of sp³-hybridized carbons (Fsp3) is 0. The molecule has 0 N–H and O–H groups in total. The molecule has 7 aromatic carbocycles. The van der Waals surface area contributed by atoms with Crippen molar-refractivity contribution in [3.8, 4) is 33.4 Å². The summed E-state index contributed by atoms with van der Waals surface area (Å²) in [6, 6.07) is 62.8. The van der Waals surface area contributed by atoms with E-state index in [-0.39, 0.29) is 0 Å². The second-order valence-corrected chi connectivity index (χ2v) is 10.2. The van der Waals surface area contributed by atoms with Crippen molar-refractivity contribution >= 4 is 27.8 Å². The van der Waals surface area contributed by atoms with E-state index in [2.05, 4.69) is 181 Å². The van der Waals surface area contributed by atoms with Crippen molar-refractivity contribution in [2.45, 2.75) is 0 Å². The number of rotatable bonds is 6. The summed E-state index contributed by atoms with van der Waals surface area (Å²) in [6.45, 7) is 0. The molecule has 1 heteroatoms. The van der Waals surface area contributed by atoms with E-state index < -0.39 is 0 Å². The molecule has 41 heavy (non-hydrogen) atoms. The Morgan fingerprint density at radius 1 is 0.293 bits per heavy atom. The molecule has 7 rings (SSSR count). The summed E-state index contributed by atoms with van der Waals surface area (Å²) in [7, 11) is 0. The molecule has 0 atom stereocenters. The average molecular weight is 524 g/mol. The number of fused-ring (bicyclic) bond motifs is 1. The number of nitrogens with zero attached hydrogens (tertiary/aromatic N) is 1. The third-order valence-corrected chi connectivity index (χ3v) is 7.65. The molecule has 0 aromatic heterocycles. The molecular weight excluding hydrogens is 494 g/mol. The predicted octanol–water partition coefficient (Wildman–Crippen LogP) is 11.3. The molecule has 0 saturated heterocycles. The molecule has 1 nitrogen and oxygen atoms in total. The third kappa shape index (κ3) is 5.02. The highest BCUT2D eigenvalue weighted by molar-refractivity contribution is 5.97. The Morgan fingerprint density at radius 3 is 1.39 bits per heavy atom. The van der Waals surface area contributed by atoms with Crippen LogP contribution in [-0.2, 0) is 0 Å². The van der Waals surface area contributed by atoms with Gasteiger partial charge in [-0.25, -0.2) is 0 Å². The SMILES string of the molecule is c1ccc(-c2cccc(N(c3ccc(-c4cccc5ccccc45)cc3)c3cccc(-c4ccccc4)c3)c2)cc1. The van der Waals surface area contributed by atoms with E-state index in [0.29, 0.717) is 0 Å². The molecule has 0 unspecified atom stereocenters. The van der Waals surface area contributed by atoms with Gasteiger partial charge in [0.2, 0.25) is 0 Å². The molecule has 0 aliphatic heterocycles. The van der Waals surface area contributed by atoms with Crippen molar-refractivity contribution in [2.75, 3.05) is 4.90 Å². The molecule has 0 bridgehead atoms. The van der Waals surface area contributed by atoms with Crippen molar-refractivity contribution in [1.29, 1.82) is 0 Å². The second kappa shape index (κ2) is 11.0. The van der Waals surface area contributed by atoms with E-state index in [9.17, 15) is 0 Å². The lowest BCUT2D eigenvalue weighted by atomic mass is 9.98. The number of anilines is 3. The van der Waals surface area contributed by atoms with Gasteiger partial charge in [-0.3, -0.25) is 0 Å². The van der Waals surface area contributed by atoms with Gasteiger partial charge in [0.1, 0.15) is 0 Å². The monoisotopic (exact) mass is 523 g/mol. The fourth-order valence-electron chi connectivity index (χ4n) is 5.62. The molecular formula is C40H29N. The van der Waals surface area contributed by atoms with Gasteiger partial charge in [0.15, 0.2) is 0 Å². The molecule has 7 aromatic rings. The molecule has 0 heterocycles. The van der Waals surface area contributed by atoms with Gasteiger partial charge in [0.25, 0.3) is 0 Å². The highest BCUT2D eigenvalue weighted by Gasteiger charge is 2.15. The van der Waals surface area contributed by atoms with Gasteiger partial charge in [0, 0.05) is 17.1 Å². The maximum absolute atomic E-state index is 2.35. The van der Waals surface area contributed by atoms with Crippen LogP contribution in [0.3, 0.4) is 0 Å². The first-order valence-electron chi connectivity index (χ1n) is 14.0. The lowest BCUT2D eigenvalue weighted by molar-refractivity contribution is 1.28. The van der Waals surface area contributed by atoms with E-state index in [1.54, 1.807) is 0 Å². The summed E-state index contributed by atoms with van der Waals surface area (Å²) in [6.07, 6.45) is 0. The summed E-state index contributed by atoms with van der Waals surface area (Å²) in [5, 5.41) is 2.52. The summed E-state index contributed by atoms with van der Waals surface area (Å²) in [5.41, 5.74) is 10.6. The van der Waals surface area contributed by atoms with Gasteiger partial charge >= 0.3 is 0 Å². The Hall–Kier alpha value is -5.40. The minimum Gasteiger partial charge on any atom is -0.310 e. The van der Waals surface area contributed by atoms with Crippen LogP contribution < -0.4 is 4.90 Å². The zero-order valence-electron chi connectivity index (χ0n) is 22.7. The number of hydrogen-bond acceptors (Lipinski definition) is 1. The average Bonchev–Trinajstić information content (AvgIpc) is 3.06. The zero-order valence-corrected chi connectivity index (χ0v) is 22.7. The molecule has 0 amide bonds. The normalized spacial score (nSPS) is 10.9. The summed E-state index contributed by atoms with van der Waals surface area (Å²) in [4.78, 5) is 2.35.